The van der Waals surface area contributed by atoms with Gasteiger partial charge in [-0.3, -0.25) is 0 Å². The van der Waals surface area contributed by atoms with Crippen LogP contribution in [0.25, 0.3) is 0 Å². The molecule has 1 saturated carbocycles. The average molecular weight is 331 g/mol. The molecule has 1 fully saturated rings. The van der Waals surface area contributed by atoms with E-state index in [1.54, 1.807) is 0 Å². The van der Waals surface area contributed by atoms with Crippen molar-refractivity contribution >= 4 is 23.4 Å². The molecule has 1 aliphatic carbocycles. The van der Waals surface area contributed by atoms with E-state index in [0.717, 1.165) is 23.8 Å². The van der Waals surface area contributed by atoms with Gasteiger partial charge in [0.2, 0.25) is 5.95 Å². The summed E-state index contributed by atoms with van der Waals surface area (Å²) in [6, 6.07) is 10.4. The normalized spacial score (nSPS) is 15.3. The number of hydrogen-bond donors (Lipinski definition) is 2. The topological polar surface area (TPSA) is 49.8 Å². The molecule has 1 heterocycles. The maximum absolute atomic E-state index is 5.90. The van der Waals surface area contributed by atoms with Crippen LogP contribution in [0, 0.1) is 0 Å². The Kier molecular flexibility index (Phi) is 5.70. The SMILES string of the molecule is Clc1ccc(CCNc2nccc(NC3CCCCC3)n2)cc1. The van der Waals surface area contributed by atoms with Gasteiger partial charge in [-0.2, -0.15) is 4.98 Å². The Morgan fingerprint density at radius 1 is 1.04 bits per heavy atom. The summed E-state index contributed by atoms with van der Waals surface area (Å²) in [7, 11) is 0. The minimum absolute atomic E-state index is 0.556. The van der Waals surface area contributed by atoms with Crippen LogP contribution in [0.1, 0.15) is 37.7 Å². The van der Waals surface area contributed by atoms with E-state index in [1.807, 2.05) is 36.5 Å². The largest absolute Gasteiger partial charge is 0.367 e. The van der Waals surface area contributed by atoms with E-state index in [1.165, 1.54) is 37.7 Å². The Balaban J connectivity index is 1.49. The number of halogens is 1. The molecular formula is C18H23ClN4. The van der Waals surface area contributed by atoms with Gasteiger partial charge in [0.25, 0.3) is 0 Å². The van der Waals surface area contributed by atoms with E-state index in [0.29, 0.717) is 12.0 Å². The zero-order valence-electron chi connectivity index (χ0n) is 13.3. The fourth-order valence-corrected chi connectivity index (χ4v) is 3.08. The third-order valence-electron chi connectivity index (χ3n) is 4.22. The molecule has 23 heavy (non-hydrogen) atoms. The first-order chi connectivity index (χ1) is 11.3. The van der Waals surface area contributed by atoms with Crippen LogP contribution in [0.5, 0.6) is 0 Å². The number of aromatic nitrogens is 2. The second-order valence-electron chi connectivity index (χ2n) is 6.05. The number of benzene rings is 1. The van der Waals surface area contributed by atoms with E-state index in [4.69, 9.17) is 11.6 Å². The Morgan fingerprint density at radius 3 is 2.61 bits per heavy atom. The van der Waals surface area contributed by atoms with Crippen LogP contribution in [0.4, 0.5) is 11.8 Å². The van der Waals surface area contributed by atoms with Crippen LogP contribution in [-0.4, -0.2) is 22.6 Å². The van der Waals surface area contributed by atoms with Gasteiger partial charge in [0.05, 0.1) is 0 Å². The molecule has 1 aromatic heterocycles. The molecule has 0 spiro atoms. The molecule has 0 amide bonds. The van der Waals surface area contributed by atoms with Gasteiger partial charge in [0.1, 0.15) is 5.82 Å². The first-order valence-corrected chi connectivity index (χ1v) is 8.75. The van der Waals surface area contributed by atoms with Crippen molar-refractivity contribution in [2.45, 2.75) is 44.6 Å². The maximum Gasteiger partial charge on any atom is 0.224 e. The van der Waals surface area contributed by atoms with Gasteiger partial charge in [-0.1, -0.05) is 43.0 Å². The fraction of sp³-hybridized carbons (Fsp3) is 0.444. The van der Waals surface area contributed by atoms with E-state index in [9.17, 15) is 0 Å². The van der Waals surface area contributed by atoms with E-state index in [-0.39, 0.29) is 0 Å². The quantitative estimate of drug-likeness (QED) is 0.817. The Hall–Kier alpha value is -1.81. The molecule has 2 N–H and O–H groups in total. The van der Waals surface area contributed by atoms with Crippen LogP contribution in [0.15, 0.2) is 36.5 Å². The molecule has 0 unspecified atom stereocenters. The summed E-state index contributed by atoms with van der Waals surface area (Å²) in [5.74, 6) is 1.60. The lowest BCUT2D eigenvalue weighted by Crippen LogP contribution is -2.23. The van der Waals surface area contributed by atoms with Crippen molar-refractivity contribution in [2.24, 2.45) is 0 Å². The van der Waals surface area contributed by atoms with Crippen molar-refractivity contribution in [1.82, 2.24) is 9.97 Å². The van der Waals surface area contributed by atoms with Gasteiger partial charge in [-0.15, -0.1) is 0 Å². The van der Waals surface area contributed by atoms with Crippen LogP contribution < -0.4 is 10.6 Å². The van der Waals surface area contributed by atoms with E-state index >= 15 is 0 Å². The molecule has 2 aromatic rings. The Morgan fingerprint density at radius 2 is 1.83 bits per heavy atom. The minimum atomic E-state index is 0.556. The highest BCUT2D eigenvalue weighted by atomic mass is 35.5. The van der Waals surface area contributed by atoms with Crippen LogP contribution >= 0.6 is 11.6 Å². The van der Waals surface area contributed by atoms with Gasteiger partial charge in [0, 0.05) is 23.8 Å². The van der Waals surface area contributed by atoms with Gasteiger partial charge in [-0.05, 0) is 43.0 Å². The highest BCUT2D eigenvalue weighted by Crippen LogP contribution is 2.21. The number of nitrogens with one attached hydrogen (secondary N) is 2. The van der Waals surface area contributed by atoms with Gasteiger partial charge >= 0.3 is 0 Å². The Bertz CT molecular complexity index is 609. The predicted molar refractivity (Wildman–Crippen MR) is 96.2 cm³/mol. The predicted octanol–water partition coefficient (Wildman–Crippen LogP) is 4.53. The van der Waals surface area contributed by atoms with Gasteiger partial charge < -0.3 is 10.6 Å². The summed E-state index contributed by atoms with van der Waals surface area (Å²) in [5, 5.41) is 7.59. The lowest BCUT2D eigenvalue weighted by molar-refractivity contribution is 0.462. The molecule has 0 aliphatic heterocycles. The fourth-order valence-electron chi connectivity index (χ4n) is 2.95. The second-order valence-corrected chi connectivity index (χ2v) is 6.48. The molecule has 0 atom stereocenters. The lowest BCUT2D eigenvalue weighted by atomic mass is 9.95. The van der Waals surface area contributed by atoms with Crippen molar-refractivity contribution in [3.63, 3.8) is 0 Å². The zero-order chi connectivity index (χ0) is 15.9. The van der Waals surface area contributed by atoms with E-state index < -0.39 is 0 Å². The molecule has 122 valence electrons. The Labute approximate surface area is 142 Å². The van der Waals surface area contributed by atoms with Crippen molar-refractivity contribution in [2.75, 3.05) is 17.2 Å². The molecule has 4 nitrogen and oxygen atoms in total. The van der Waals surface area contributed by atoms with Crippen LogP contribution in [-0.2, 0) is 6.42 Å². The summed E-state index contributed by atoms with van der Waals surface area (Å²) in [6.45, 7) is 0.800. The highest BCUT2D eigenvalue weighted by Gasteiger charge is 2.13. The van der Waals surface area contributed by atoms with Crippen LogP contribution in [0.2, 0.25) is 5.02 Å². The van der Waals surface area contributed by atoms with Crippen molar-refractivity contribution < 1.29 is 0 Å². The second kappa shape index (κ2) is 8.16. The monoisotopic (exact) mass is 330 g/mol. The van der Waals surface area contributed by atoms with Crippen molar-refractivity contribution in [3.05, 3.63) is 47.1 Å². The molecular weight excluding hydrogens is 308 g/mol. The molecule has 0 bridgehead atoms. The molecule has 5 heteroatoms. The molecule has 1 aliphatic rings. The molecule has 3 rings (SSSR count). The molecule has 1 aromatic carbocycles. The van der Waals surface area contributed by atoms with Crippen molar-refractivity contribution in [1.29, 1.82) is 0 Å². The molecule has 0 saturated heterocycles. The number of hydrogen-bond acceptors (Lipinski definition) is 4. The summed E-state index contributed by atoms with van der Waals surface area (Å²) >= 11 is 5.90. The van der Waals surface area contributed by atoms with Crippen molar-refractivity contribution in [3.8, 4) is 0 Å². The third-order valence-corrected chi connectivity index (χ3v) is 4.47. The molecule has 0 radical (unpaired) electrons. The standard InChI is InChI=1S/C18H23ClN4/c19-15-8-6-14(7-9-15)10-12-20-18-21-13-11-17(23-18)22-16-4-2-1-3-5-16/h6-9,11,13,16H,1-5,10,12H2,(H2,20,21,22,23). The number of anilines is 2. The third kappa shape index (κ3) is 5.10. The summed E-state index contributed by atoms with van der Waals surface area (Å²) < 4.78 is 0. The summed E-state index contributed by atoms with van der Waals surface area (Å²) in [5.41, 5.74) is 1.25. The van der Waals surface area contributed by atoms with Crippen LogP contribution in [0.3, 0.4) is 0 Å². The smallest absolute Gasteiger partial charge is 0.224 e. The first kappa shape index (κ1) is 16.1. The van der Waals surface area contributed by atoms with Gasteiger partial charge in [-0.25, -0.2) is 4.98 Å². The zero-order valence-corrected chi connectivity index (χ0v) is 14.0. The minimum Gasteiger partial charge on any atom is -0.367 e. The average Bonchev–Trinajstić information content (AvgIpc) is 2.58. The summed E-state index contributed by atoms with van der Waals surface area (Å²) in [6.07, 6.45) is 9.19. The summed E-state index contributed by atoms with van der Waals surface area (Å²) in [4.78, 5) is 8.85. The van der Waals surface area contributed by atoms with Gasteiger partial charge in [0.15, 0.2) is 0 Å². The first-order valence-electron chi connectivity index (χ1n) is 8.37. The lowest BCUT2D eigenvalue weighted by Gasteiger charge is -2.23. The maximum atomic E-state index is 5.90. The number of nitrogens with zero attached hydrogens (tertiary/aromatic N) is 2. The number of rotatable bonds is 6. The van der Waals surface area contributed by atoms with E-state index in [2.05, 4.69) is 20.6 Å². The highest BCUT2D eigenvalue weighted by molar-refractivity contribution is 6.30.